The Kier molecular flexibility index (Phi) is 2.99. The lowest BCUT2D eigenvalue weighted by molar-refractivity contribution is -0.139. The van der Waals surface area contributed by atoms with Crippen LogP contribution in [0.2, 0.25) is 0 Å². The standard InChI is InChI=1S/C22H24N2O2/c23-11-15-5-4-14-10-17-16-6-7-18(25)21-22(16,19(14)20(15)26-21)8-9-24(17)12-13-2-1-3-13/h4-5,13,16-17,21H,1-3,6-10,12H2/t16-,17+,21-,22-/m1/s1. The molecular weight excluding hydrogens is 324 g/mol. The number of ether oxygens (including phenoxy) is 1. The molecule has 1 saturated heterocycles. The average Bonchev–Trinajstić information content (AvgIpc) is 2.96. The molecule has 2 saturated carbocycles. The zero-order valence-electron chi connectivity index (χ0n) is 15.0. The lowest BCUT2D eigenvalue weighted by Crippen LogP contribution is -2.66. The molecule has 26 heavy (non-hydrogen) atoms. The lowest BCUT2D eigenvalue weighted by Gasteiger charge is -2.58. The van der Waals surface area contributed by atoms with E-state index < -0.39 is 0 Å². The predicted octanol–water partition coefficient (Wildman–Crippen LogP) is 2.97. The zero-order chi connectivity index (χ0) is 17.5. The van der Waals surface area contributed by atoms with Crippen LogP contribution in [0.4, 0.5) is 0 Å². The Bertz CT molecular complexity index is 852. The Hall–Kier alpha value is -1.86. The number of likely N-dealkylation sites (tertiary alicyclic amines) is 1. The molecule has 1 aromatic rings. The summed E-state index contributed by atoms with van der Waals surface area (Å²) in [6.07, 6.45) is 7.49. The number of benzene rings is 1. The van der Waals surface area contributed by atoms with E-state index in [4.69, 9.17) is 4.74 Å². The van der Waals surface area contributed by atoms with Gasteiger partial charge in [0.1, 0.15) is 11.8 Å². The molecule has 0 aromatic heterocycles. The summed E-state index contributed by atoms with van der Waals surface area (Å²) in [5.74, 6) is 2.37. The van der Waals surface area contributed by atoms with Crippen molar-refractivity contribution >= 4 is 5.78 Å². The SMILES string of the molecule is N#Cc1ccc2c3c1O[C@@H]1C(=O)CC[C@@H]4[C@H](C2)N(CC2CCC2)CC[C@@]314. The molecule has 3 fully saturated rings. The third kappa shape index (κ3) is 1.71. The molecule has 0 amide bonds. The smallest absolute Gasteiger partial charge is 0.174 e. The molecule has 4 heteroatoms. The minimum atomic E-state index is -0.349. The van der Waals surface area contributed by atoms with Gasteiger partial charge in [-0.3, -0.25) is 9.69 Å². The first-order valence-electron chi connectivity index (χ1n) is 10.2. The molecule has 4 nitrogen and oxygen atoms in total. The van der Waals surface area contributed by atoms with Gasteiger partial charge in [0, 0.05) is 30.0 Å². The second-order valence-corrected chi connectivity index (χ2v) is 9.05. The van der Waals surface area contributed by atoms with E-state index in [1.54, 1.807) is 0 Å². The highest BCUT2D eigenvalue weighted by molar-refractivity contribution is 5.89. The quantitative estimate of drug-likeness (QED) is 0.824. The lowest BCUT2D eigenvalue weighted by atomic mass is 9.51. The van der Waals surface area contributed by atoms with Crippen LogP contribution in [-0.4, -0.2) is 35.9 Å². The first-order chi connectivity index (χ1) is 12.7. The summed E-state index contributed by atoms with van der Waals surface area (Å²) < 4.78 is 6.27. The van der Waals surface area contributed by atoms with E-state index in [9.17, 15) is 10.1 Å². The van der Waals surface area contributed by atoms with E-state index in [1.807, 2.05) is 6.07 Å². The van der Waals surface area contributed by atoms with Crippen molar-refractivity contribution in [1.82, 2.24) is 4.90 Å². The molecule has 134 valence electrons. The third-order valence-electron chi connectivity index (χ3n) is 8.08. The van der Waals surface area contributed by atoms with Crippen molar-refractivity contribution in [3.8, 4) is 11.8 Å². The fraction of sp³-hybridized carbons (Fsp3) is 0.636. The highest BCUT2D eigenvalue weighted by Crippen LogP contribution is 2.62. The van der Waals surface area contributed by atoms with Crippen LogP contribution in [0.1, 0.15) is 55.2 Å². The number of carbonyl (C=O) groups is 1. The van der Waals surface area contributed by atoms with Gasteiger partial charge in [0.2, 0.25) is 0 Å². The van der Waals surface area contributed by atoms with Gasteiger partial charge < -0.3 is 4.74 Å². The molecule has 2 aliphatic heterocycles. The van der Waals surface area contributed by atoms with Gasteiger partial charge in [-0.1, -0.05) is 12.5 Å². The summed E-state index contributed by atoms with van der Waals surface area (Å²) >= 11 is 0. The summed E-state index contributed by atoms with van der Waals surface area (Å²) in [5.41, 5.74) is 3.01. The van der Waals surface area contributed by atoms with Gasteiger partial charge in [-0.05, 0) is 62.1 Å². The number of hydrogen-bond donors (Lipinski definition) is 0. The molecule has 0 unspecified atom stereocenters. The van der Waals surface area contributed by atoms with Crippen molar-refractivity contribution in [1.29, 1.82) is 5.26 Å². The fourth-order valence-corrected chi connectivity index (χ4v) is 6.74. The monoisotopic (exact) mass is 348 g/mol. The Labute approximate surface area is 154 Å². The van der Waals surface area contributed by atoms with Crippen LogP contribution < -0.4 is 4.74 Å². The van der Waals surface area contributed by atoms with E-state index in [2.05, 4.69) is 17.0 Å². The minimum absolute atomic E-state index is 0.161. The van der Waals surface area contributed by atoms with Gasteiger partial charge in [-0.15, -0.1) is 0 Å². The second kappa shape index (κ2) is 5.10. The molecule has 1 spiro atoms. The van der Waals surface area contributed by atoms with Gasteiger partial charge in [0.15, 0.2) is 11.9 Å². The van der Waals surface area contributed by atoms with Gasteiger partial charge in [0.25, 0.3) is 0 Å². The van der Waals surface area contributed by atoms with Crippen molar-refractivity contribution < 1.29 is 9.53 Å². The first kappa shape index (κ1) is 15.2. The molecule has 6 rings (SSSR count). The summed E-state index contributed by atoms with van der Waals surface area (Å²) in [6.45, 7) is 2.30. The van der Waals surface area contributed by atoms with E-state index in [-0.39, 0.29) is 17.3 Å². The number of ketones is 1. The molecule has 0 radical (unpaired) electrons. The maximum atomic E-state index is 12.8. The Morgan fingerprint density at radius 1 is 1.31 bits per heavy atom. The summed E-state index contributed by atoms with van der Waals surface area (Å²) in [4.78, 5) is 15.6. The number of carbonyl (C=O) groups excluding carboxylic acids is 1. The van der Waals surface area contributed by atoms with E-state index in [0.29, 0.717) is 23.9 Å². The topological polar surface area (TPSA) is 53.3 Å². The fourth-order valence-electron chi connectivity index (χ4n) is 6.74. The Morgan fingerprint density at radius 3 is 2.96 bits per heavy atom. The largest absolute Gasteiger partial charge is 0.480 e. The van der Waals surface area contributed by atoms with Crippen molar-refractivity contribution in [2.45, 2.75) is 62.5 Å². The molecule has 2 bridgehead atoms. The third-order valence-corrected chi connectivity index (χ3v) is 8.08. The van der Waals surface area contributed by atoms with Gasteiger partial charge in [0.05, 0.1) is 5.56 Å². The number of hydrogen-bond acceptors (Lipinski definition) is 4. The van der Waals surface area contributed by atoms with Crippen LogP contribution in [0.25, 0.3) is 0 Å². The highest BCUT2D eigenvalue weighted by Gasteiger charge is 2.65. The highest BCUT2D eigenvalue weighted by atomic mass is 16.5. The van der Waals surface area contributed by atoms with Crippen LogP contribution in [-0.2, 0) is 16.6 Å². The number of piperidine rings is 1. The molecule has 4 atom stereocenters. The van der Waals surface area contributed by atoms with Crippen LogP contribution in [0.5, 0.6) is 5.75 Å². The van der Waals surface area contributed by atoms with E-state index in [1.165, 1.54) is 36.9 Å². The number of rotatable bonds is 2. The van der Waals surface area contributed by atoms with Crippen LogP contribution in [0, 0.1) is 23.2 Å². The van der Waals surface area contributed by atoms with Crippen molar-refractivity contribution in [3.05, 3.63) is 28.8 Å². The summed E-state index contributed by atoms with van der Waals surface area (Å²) in [5, 5.41) is 9.55. The summed E-state index contributed by atoms with van der Waals surface area (Å²) in [6, 6.07) is 6.87. The van der Waals surface area contributed by atoms with Crippen molar-refractivity contribution in [2.75, 3.05) is 13.1 Å². The Balaban J connectivity index is 1.50. The molecule has 0 N–H and O–H groups in total. The predicted molar refractivity (Wildman–Crippen MR) is 96.0 cm³/mol. The zero-order valence-corrected chi connectivity index (χ0v) is 15.0. The van der Waals surface area contributed by atoms with Crippen LogP contribution in [0.3, 0.4) is 0 Å². The van der Waals surface area contributed by atoms with E-state index in [0.717, 1.165) is 37.5 Å². The molecule has 1 aromatic carbocycles. The van der Waals surface area contributed by atoms with Crippen LogP contribution in [0.15, 0.2) is 12.1 Å². The number of Topliss-reactive ketones (excluding diaryl/α,β-unsaturated/α-hetero) is 1. The Morgan fingerprint density at radius 2 is 2.19 bits per heavy atom. The van der Waals surface area contributed by atoms with Gasteiger partial charge >= 0.3 is 0 Å². The normalized spacial score (nSPS) is 37.5. The molecule has 2 heterocycles. The first-order valence-corrected chi connectivity index (χ1v) is 10.2. The number of nitrogens with zero attached hydrogens (tertiary/aromatic N) is 2. The van der Waals surface area contributed by atoms with Gasteiger partial charge in [-0.25, -0.2) is 0 Å². The molecule has 3 aliphatic carbocycles. The van der Waals surface area contributed by atoms with Crippen LogP contribution >= 0.6 is 0 Å². The van der Waals surface area contributed by atoms with E-state index >= 15 is 0 Å². The average molecular weight is 348 g/mol. The molecule has 5 aliphatic rings. The summed E-state index contributed by atoms with van der Waals surface area (Å²) in [7, 11) is 0. The maximum Gasteiger partial charge on any atom is 0.174 e. The number of nitriles is 1. The maximum absolute atomic E-state index is 12.8. The minimum Gasteiger partial charge on any atom is -0.480 e. The van der Waals surface area contributed by atoms with Gasteiger partial charge in [-0.2, -0.15) is 5.26 Å². The molecular formula is C22H24N2O2. The van der Waals surface area contributed by atoms with Crippen molar-refractivity contribution in [2.24, 2.45) is 11.8 Å². The van der Waals surface area contributed by atoms with Crippen molar-refractivity contribution in [3.63, 3.8) is 0 Å². The second-order valence-electron chi connectivity index (χ2n) is 9.05.